The molecule has 0 saturated heterocycles. The van der Waals surface area contributed by atoms with Crippen LogP contribution >= 0.6 is 57.4 Å². The molecule has 0 heterocycles. The molecule has 0 atom stereocenters. The average Bonchev–Trinajstić information content (AvgIpc) is 2.47. The Morgan fingerprint density at radius 1 is 1.13 bits per heavy atom. The number of sulfonamides is 1. The van der Waals surface area contributed by atoms with E-state index in [1.807, 2.05) is 22.6 Å². The Morgan fingerprint density at radius 2 is 1.83 bits per heavy atom. The number of benzene rings is 2. The van der Waals surface area contributed by atoms with Gasteiger partial charge in [-0.3, -0.25) is 9.10 Å². The van der Waals surface area contributed by atoms with Crippen LogP contribution in [0.25, 0.3) is 0 Å². The maximum Gasteiger partial charge on any atom is 0.266 e. The lowest BCUT2D eigenvalue weighted by Crippen LogP contribution is -2.34. The van der Waals surface area contributed by atoms with Gasteiger partial charge in [-0.25, -0.2) is 8.42 Å². The molecular weight excluding hydrogens is 495 g/mol. The summed E-state index contributed by atoms with van der Waals surface area (Å²) < 4.78 is 27.6. The molecular formula is C14H9Cl3INO3S. The Balaban J connectivity index is 2.62. The monoisotopic (exact) mass is 503 g/mol. The highest BCUT2D eigenvalue weighted by molar-refractivity contribution is 14.1. The normalized spacial score (nSPS) is 11.3. The molecule has 0 aliphatic carbocycles. The van der Waals surface area contributed by atoms with E-state index in [9.17, 15) is 13.2 Å². The summed E-state index contributed by atoms with van der Waals surface area (Å²) in [5.41, 5.74) is 0.307. The summed E-state index contributed by atoms with van der Waals surface area (Å²) in [6, 6.07) is 10.8. The average molecular weight is 505 g/mol. The summed E-state index contributed by atoms with van der Waals surface area (Å²) in [4.78, 5) is 11.1. The van der Waals surface area contributed by atoms with Gasteiger partial charge in [0, 0.05) is 8.59 Å². The van der Waals surface area contributed by atoms with Crippen LogP contribution in [0, 0.1) is 3.57 Å². The highest BCUT2D eigenvalue weighted by Crippen LogP contribution is 2.31. The summed E-state index contributed by atoms with van der Waals surface area (Å²) in [7, 11) is -4.11. The molecule has 0 amide bonds. The highest BCUT2D eigenvalue weighted by Gasteiger charge is 2.29. The van der Waals surface area contributed by atoms with E-state index in [0.29, 0.717) is 5.69 Å². The van der Waals surface area contributed by atoms with Gasteiger partial charge < -0.3 is 0 Å². The molecule has 2 aromatic rings. The fourth-order valence-electron chi connectivity index (χ4n) is 1.85. The van der Waals surface area contributed by atoms with Gasteiger partial charge in [-0.15, -0.1) is 0 Å². The van der Waals surface area contributed by atoms with E-state index in [1.165, 1.54) is 18.2 Å². The molecule has 0 aliphatic heterocycles. The van der Waals surface area contributed by atoms with Crippen LogP contribution in [-0.2, 0) is 14.8 Å². The maximum absolute atomic E-state index is 12.9. The zero-order valence-electron chi connectivity index (χ0n) is 11.3. The molecule has 0 radical (unpaired) electrons. The molecule has 0 aromatic heterocycles. The van der Waals surface area contributed by atoms with Crippen molar-refractivity contribution in [2.75, 3.05) is 10.8 Å². The molecule has 0 spiro atoms. The second kappa shape index (κ2) is 7.57. The molecule has 2 rings (SSSR count). The van der Waals surface area contributed by atoms with E-state index in [0.717, 1.165) is 7.88 Å². The zero-order valence-corrected chi connectivity index (χ0v) is 16.6. The highest BCUT2D eigenvalue weighted by atomic mass is 127. The van der Waals surface area contributed by atoms with Gasteiger partial charge in [0.2, 0.25) is 5.24 Å². The van der Waals surface area contributed by atoms with Crippen molar-refractivity contribution < 1.29 is 13.2 Å². The van der Waals surface area contributed by atoms with E-state index in [-0.39, 0.29) is 14.9 Å². The fraction of sp³-hybridized carbons (Fsp3) is 0.0714. The van der Waals surface area contributed by atoms with Gasteiger partial charge in [0.05, 0.1) is 10.7 Å². The molecule has 9 heteroatoms. The van der Waals surface area contributed by atoms with E-state index in [2.05, 4.69) is 0 Å². The van der Waals surface area contributed by atoms with Crippen LogP contribution in [0.15, 0.2) is 47.4 Å². The Kier molecular flexibility index (Phi) is 6.18. The summed E-state index contributed by atoms with van der Waals surface area (Å²) in [6.45, 7) is -0.521. The minimum Gasteiger partial charge on any atom is -0.279 e. The number of carbonyl (C=O) groups is 1. The van der Waals surface area contributed by atoms with E-state index in [1.54, 1.807) is 24.3 Å². The number of rotatable bonds is 5. The predicted octanol–water partition coefficient (Wildman–Crippen LogP) is 4.56. The molecule has 0 N–H and O–H groups in total. The molecule has 0 bridgehead atoms. The SMILES string of the molecule is O=C(Cl)CN(c1cccc(I)c1)S(=O)(=O)c1cc(Cl)ccc1Cl. The Labute approximate surface area is 162 Å². The van der Waals surface area contributed by atoms with Crippen molar-refractivity contribution in [3.8, 4) is 0 Å². The lowest BCUT2D eigenvalue weighted by atomic mass is 10.3. The molecule has 2 aromatic carbocycles. The van der Waals surface area contributed by atoms with E-state index in [4.69, 9.17) is 34.8 Å². The van der Waals surface area contributed by atoms with Crippen molar-refractivity contribution >= 4 is 78.3 Å². The lowest BCUT2D eigenvalue weighted by Gasteiger charge is -2.23. The quantitative estimate of drug-likeness (QED) is 0.443. The number of hydrogen-bond acceptors (Lipinski definition) is 3. The van der Waals surface area contributed by atoms with Gasteiger partial charge in [-0.1, -0.05) is 29.3 Å². The summed E-state index contributed by atoms with van der Waals surface area (Å²) in [5, 5.41) is -0.592. The van der Waals surface area contributed by atoms with Gasteiger partial charge >= 0.3 is 0 Å². The largest absolute Gasteiger partial charge is 0.279 e. The number of nitrogens with zero attached hydrogens (tertiary/aromatic N) is 1. The number of anilines is 1. The minimum atomic E-state index is -4.11. The number of hydrogen-bond donors (Lipinski definition) is 0. The van der Waals surface area contributed by atoms with Crippen molar-refractivity contribution in [2.45, 2.75) is 4.90 Å². The van der Waals surface area contributed by atoms with Crippen LogP contribution in [0.4, 0.5) is 5.69 Å². The zero-order chi connectivity index (χ0) is 17.2. The molecule has 0 aliphatic rings. The topological polar surface area (TPSA) is 54.5 Å². The van der Waals surface area contributed by atoms with Gasteiger partial charge in [-0.2, -0.15) is 0 Å². The fourth-order valence-corrected chi connectivity index (χ4v) is 4.72. The van der Waals surface area contributed by atoms with Crippen LogP contribution in [0.1, 0.15) is 0 Å². The Morgan fingerprint density at radius 3 is 2.43 bits per heavy atom. The van der Waals surface area contributed by atoms with Crippen molar-refractivity contribution in [3.63, 3.8) is 0 Å². The third-order valence-corrected chi connectivity index (χ3v) is 6.11. The third-order valence-electron chi connectivity index (χ3n) is 2.83. The molecule has 0 fully saturated rings. The van der Waals surface area contributed by atoms with E-state index < -0.39 is 21.8 Å². The van der Waals surface area contributed by atoms with Gasteiger partial charge in [0.25, 0.3) is 10.0 Å². The first-order chi connectivity index (χ1) is 10.7. The smallest absolute Gasteiger partial charge is 0.266 e. The standard InChI is InChI=1S/C14H9Cl3INO3S/c15-9-4-5-12(16)13(6-9)23(21,22)19(8-14(17)20)11-3-1-2-10(18)7-11/h1-7H,8H2. The van der Waals surface area contributed by atoms with Gasteiger partial charge in [0.15, 0.2) is 0 Å². The summed E-state index contributed by atoms with van der Waals surface area (Å²) in [6.07, 6.45) is 0. The second-order valence-corrected chi connectivity index (χ2v) is 8.76. The lowest BCUT2D eigenvalue weighted by molar-refractivity contribution is -0.110. The Bertz CT molecular complexity index is 858. The van der Waals surface area contributed by atoms with Crippen molar-refractivity contribution in [2.24, 2.45) is 0 Å². The van der Waals surface area contributed by atoms with Crippen molar-refractivity contribution in [1.82, 2.24) is 0 Å². The predicted molar refractivity (Wildman–Crippen MR) is 101 cm³/mol. The van der Waals surface area contributed by atoms with Crippen LogP contribution in [0.2, 0.25) is 10.0 Å². The first-order valence-electron chi connectivity index (χ1n) is 6.13. The van der Waals surface area contributed by atoms with Crippen LogP contribution in [0.3, 0.4) is 0 Å². The molecule has 4 nitrogen and oxygen atoms in total. The first-order valence-corrected chi connectivity index (χ1v) is 9.79. The molecule has 0 saturated carbocycles. The summed E-state index contributed by atoms with van der Waals surface area (Å²) >= 11 is 19.3. The second-order valence-electron chi connectivity index (χ2n) is 4.42. The molecule has 122 valence electrons. The first kappa shape index (κ1) is 18.8. The maximum atomic E-state index is 12.9. The van der Waals surface area contributed by atoms with Gasteiger partial charge in [0.1, 0.15) is 11.4 Å². The minimum absolute atomic E-state index is 0.00653. The number of carbonyl (C=O) groups excluding carboxylic acids is 1. The van der Waals surface area contributed by atoms with Crippen LogP contribution in [0.5, 0.6) is 0 Å². The number of halogens is 4. The van der Waals surface area contributed by atoms with Crippen molar-refractivity contribution in [3.05, 3.63) is 56.1 Å². The Hall–Kier alpha value is -0.540. The molecule has 0 unspecified atom stereocenters. The van der Waals surface area contributed by atoms with Crippen LogP contribution < -0.4 is 4.31 Å². The van der Waals surface area contributed by atoms with E-state index >= 15 is 0 Å². The third kappa shape index (κ3) is 4.51. The van der Waals surface area contributed by atoms with Crippen LogP contribution in [-0.4, -0.2) is 20.2 Å². The van der Waals surface area contributed by atoms with Gasteiger partial charge in [-0.05, 0) is 70.6 Å². The van der Waals surface area contributed by atoms with Crippen molar-refractivity contribution in [1.29, 1.82) is 0 Å². The summed E-state index contributed by atoms with van der Waals surface area (Å²) in [5.74, 6) is 0. The molecule has 23 heavy (non-hydrogen) atoms.